The number of halogens is 3. The lowest BCUT2D eigenvalue weighted by Crippen LogP contribution is -2.42. The maximum Gasteiger partial charge on any atom is 0.486 e. The van der Waals surface area contributed by atoms with Crippen molar-refractivity contribution >= 4 is 5.91 Å². The first kappa shape index (κ1) is 15.1. The highest BCUT2D eigenvalue weighted by Gasteiger charge is 2.41. The molecule has 2 aromatic rings. The van der Waals surface area contributed by atoms with Gasteiger partial charge in [-0.25, -0.2) is 0 Å². The molecule has 0 spiro atoms. The van der Waals surface area contributed by atoms with Gasteiger partial charge in [-0.05, 0) is 11.1 Å². The summed E-state index contributed by atoms with van der Waals surface area (Å²) < 4.78 is 38.4. The van der Waals surface area contributed by atoms with Gasteiger partial charge in [0.05, 0.1) is 5.92 Å². The number of carbonyl (C=O) groups excluding carboxylic acids is 1. The third-order valence-electron chi connectivity index (χ3n) is 3.22. The van der Waals surface area contributed by atoms with Crippen molar-refractivity contribution in [3.8, 4) is 0 Å². The zero-order chi connectivity index (χ0) is 15.5. The van der Waals surface area contributed by atoms with Crippen molar-refractivity contribution < 1.29 is 18.0 Å². The number of alkyl halides is 3. The minimum atomic E-state index is -4.70. The van der Waals surface area contributed by atoms with Crippen LogP contribution in [0.15, 0.2) is 60.7 Å². The number of benzene rings is 2. The van der Waals surface area contributed by atoms with E-state index in [0.717, 1.165) is 7.05 Å². The number of amides is 1. The van der Waals surface area contributed by atoms with Crippen LogP contribution in [0.2, 0.25) is 0 Å². The first-order valence-corrected chi connectivity index (χ1v) is 6.35. The number of nitrogens with zero attached hydrogens (tertiary/aromatic N) is 1. The van der Waals surface area contributed by atoms with Gasteiger partial charge in [-0.15, -0.1) is 13.2 Å². The molecule has 110 valence electrons. The second-order valence-electron chi connectivity index (χ2n) is 4.62. The highest BCUT2D eigenvalue weighted by molar-refractivity contribution is 5.87. The Morgan fingerprint density at radius 3 is 1.62 bits per heavy atom. The molecule has 1 amide bonds. The first-order chi connectivity index (χ1) is 9.91. The van der Waals surface area contributed by atoms with Crippen LogP contribution in [0, 0.1) is 0 Å². The van der Waals surface area contributed by atoms with Gasteiger partial charge in [-0.1, -0.05) is 60.7 Å². The SMILES string of the molecule is CN(C(=O)C(c1ccccc1)c1ccccc1)C(F)(F)F. The highest BCUT2D eigenvalue weighted by atomic mass is 19.4. The molecule has 0 bridgehead atoms. The fraction of sp³-hybridized carbons (Fsp3) is 0.188. The normalized spacial score (nSPS) is 11.5. The summed E-state index contributed by atoms with van der Waals surface area (Å²) in [5, 5.41) is 0. The van der Waals surface area contributed by atoms with E-state index in [1.807, 2.05) is 0 Å². The Hall–Kier alpha value is -2.30. The van der Waals surface area contributed by atoms with Gasteiger partial charge in [0.2, 0.25) is 5.91 Å². The van der Waals surface area contributed by atoms with Crippen molar-refractivity contribution in [1.29, 1.82) is 0 Å². The third kappa shape index (κ3) is 3.42. The van der Waals surface area contributed by atoms with Crippen LogP contribution in [0.4, 0.5) is 13.2 Å². The smallest absolute Gasteiger partial charge is 0.274 e. The van der Waals surface area contributed by atoms with Crippen LogP contribution in [-0.2, 0) is 4.79 Å². The molecule has 0 saturated heterocycles. The van der Waals surface area contributed by atoms with Crippen LogP contribution in [0.25, 0.3) is 0 Å². The summed E-state index contributed by atoms with van der Waals surface area (Å²) in [5.41, 5.74) is 1.06. The van der Waals surface area contributed by atoms with E-state index in [4.69, 9.17) is 0 Å². The van der Waals surface area contributed by atoms with Crippen LogP contribution in [0.3, 0.4) is 0 Å². The van der Waals surface area contributed by atoms with Crippen molar-refractivity contribution in [1.82, 2.24) is 4.90 Å². The number of likely N-dealkylation sites (N-methyl/N-ethyl adjacent to an activating group) is 1. The third-order valence-corrected chi connectivity index (χ3v) is 3.22. The molecule has 0 heterocycles. The van der Waals surface area contributed by atoms with Crippen molar-refractivity contribution in [2.75, 3.05) is 7.05 Å². The minimum Gasteiger partial charge on any atom is -0.274 e. The van der Waals surface area contributed by atoms with E-state index in [-0.39, 0.29) is 4.90 Å². The molecule has 5 heteroatoms. The van der Waals surface area contributed by atoms with Crippen LogP contribution in [-0.4, -0.2) is 24.2 Å². The van der Waals surface area contributed by atoms with E-state index in [1.165, 1.54) is 0 Å². The Labute approximate surface area is 120 Å². The molecule has 0 fully saturated rings. The van der Waals surface area contributed by atoms with Crippen molar-refractivity contribution in [3.05, 3.63) is 71.8 Å². The summed E-state index contributed by atoms with van der Waals surface area (Å²) in [4.78, 5) is 12.1. The molecule has 21 heavy (non-hydrogen) atoms. The van der Waals surface area contributed by atoms with Gasteiger partial charge in [-0.2, -0.15) is 0 Å². The summed E-state index contributed by atoms with van der Waals surface area (Å²) >= 11 is 0. The maximum atomic E-state index is 12.8. The van der Waals surface area contributed by atoms with Crippen LogP contribution in [0.5, 0.6) is 0 Å². The monoisotopic (exact) mass is 293 g/mol. The Bertz CT molecular complexity index is 556. The van der Waals surface area contributed by atoms with Gasteiger partial charge < -0.3 is 0 Å². The fourth-order valence-corrected chi connectivity index (χ4v) is 2.09. The van der Waals surface area contributed by atoms with Gasteiger partial charge in [0.25, 0.3) is 0 Å². The second-order valence-corrected chi connectivity index (χ2v) is 4.62. The second kappa shape index (κ2) is 5.99. The van der Waals surface area contributed by atoms with E-state index >= 15 is 0 Å². The Kier molecular flexibility index (Phi) is 4.31. The zero-order valence-electron chi connectivity index (χ0n) is 11.3. The van der Waals surface area contributed by atoms with E-state index in [1.54, 1.807) is 60.7 Å². The summed E-state index contributed by atoms with van der Waals surface area (Å²) in [6.07, 6.45) is -4.70. The van der Waals surface area contributed by atoms with Gasteiger partial charge in [0, 0.05) is 7.05 Å². The molecule has 2 rings (SSSR count). The first-order valence-electron chi connectivity index (χ1n) is 6.35. The van der Waals surface area contributed by atoms with Gasteiger partial charge >= 0.3 is 6.30 Å². The number of rotatable bonds is 3. The molecular weight excluding hydrogens is 279 g/mol. The Morgan fingerprint density at radius 1 is 0.905 bits per heavy atom. The van der Waals surface area contributed by atoms with Crippen molar-refractivity contribution in [2.45, 2.75) is 12.2 Å². The van der Waals surface area contributed by atoms with Gasteiger partial charge in [-0.3, -0.25) is 9.69 Å². The zero-order valence-corrected chi connectivity index (χ0v) is 11.3. The average Bonchev–Trinajstić information content (AvgIpc) is 2.48. The maximum absolute atomic E-state index is 12.8. The molecule has 0 radical (unpaired) electrons. The van der Waals surface area contributed by atoms with Crippen molar-refractivity contribution in [3.63, 3.8) is 0 Å². The largest absolute Gasteiger partial charge is 0.486 e. The molecule has 0 aliphatic carbocycles. The molecule has 0 atom stereocenters. The molecule has 0 aliphatic rings. The van der Waals surface area contributed by atoms with Crippen LogP contribution in [0.1, 0.15) is 17.0 Å². The summed E-state index contributed by atoms with van der Waals surface area (Å²) in [6, 6.07) is 16.9. The van der Waals surface area contributed by atoms with E-state index in [0.29, 0.717) is 11.1 Å². The van der Waals surface area contributed by atoms with Gasteiger partial charge in [0.1, 0.15) is 0 Å². The van der Waals surface area contributed by atoms with Crippen molar-refractivity contribution in [2.24, 2.45) is 0 Å². The molecule has 2 nitrogen and oxygen atoms in total. The van der Waals surface area contributed by atoms with Crippen LogP contribution >= 0.6 is 0 Å². The lowest BCUT2D eigenvalue weighted by atomic mass is 9.90. The van der Waals surface area contributed by atoms with E-state index in [2.05, 4.69) is 0 Å². The predicted molar refractivity (Wildman–Crippen MR) is 73.6 cm³/mol. The lowest BCUT2D eigenvalue weighted by molar-refractivity contribution is -0.233. The quantitative estimate of drug-likeness (QED) is 0.788. The molecule has 0 aromatic heterocycles. The number of hydrogen-bond donors (Lipinski definition) is 0. The molecule has 0 unspecified atom stereocenters. The number of hydrogen-bond acceptors (Lipinski definition) is 1. The Balaban J connectivity index is 2.45. The van der Waals surface area contributed by atoms with Gasteiger partial charge in [0.15, 0.2) is 0 Å². The standard InChI is InChI=1S/C16H14F3NO/c1-20(16(17,18)19)15(21)14(12-8-4-2-5-9-12)13-10-6-3-7-11-13/h2-11,14H,1H3. The molecule has 0 N–H and O–H groups in total. The average molecular weight is 293 g/mol. The summed E-state index contributed by atoms with van der Waals surface area (Å²) in [7, 11) is 0.751. The van der Waals surface area contributed by atoms with E-state index in [9.17, 15) is 18.0 Å². The molecule has 0 saturated carbocycles. The molecule has 2 aromatic carbocycles. The summed E-state index contributed by atoms with van der Waals surface area (Å²) in [6.45, 7) is 0. The molecule has 0 aliphatic heterocycles. The fourth-order valence-electron chi connectivity index (χ4n) is 2.09. The Morgan fingerprint density at radius 2 is 1.29 bits per heavy atom. The topological polar surface area (TPSA) is 20.3 Å². The minimum absolute atomic E-state index is 0.169. The van der Waals surface area contributed by atoms with E-state index < -0.39 is 18.1 Å². The lowest BCUT2D eigenvalue weighted by Gasteiger charge is -2.26. The predicted octanol–water partition coefficient (Wildman–Crippen LogP) is 3.80. The highest BCUT2D eigenvalue weighted by Crippen LogP contribution is 2.30. The van der Waals surface area contributed by atoms with Crippen LogP contribution < -0.4 is 0 Å². The molecular formula is C16H14F3NO. The summed E-state index contributed by atoms with van der Waals surface area (Å²) in [5.74, 6) is -1.97. The number of carbonyl (C=O) groups is 1.